The Labute approximate surface area is 160 Å². The molecule has 6 heteroatoms. The standard InChI is InChI=1S/C21H28N4O2/c1-17-7-5-11-22-20(17)23-12-13-24-21(26)25(16-19-10-6-14-27-19)15-18-8-3-2-4-9-18/h2-5,7-9,11,19H,6,10,12-16H2,1H3,(H,22,23)(H,24,26). The summed E-state index contributed by atoms with van der Waals surface area (Å²) in [6.45, 7) is 5.16. The highest BCUT2D eigenvalue weighted by atomic mass is 16.5. The van der Waals surface area contributed by atoms with Crippen LogP contribution in [0.25, 0.3) is 0 Å². The fourth-order valence-corrected chi connectivity index (χ4v) is 3.19. The molecule has 6 nitrogen and oxygen atoms in total. The van der Waals surface area contributed by atoms with Gasteiger partial charge in [0.25, 0.3) is 0 Å². The first-order chi connectivity index (χ1) is 13.2. The molecule has 2 aromatic rings. The molecule has 0 bridgehead atoms. The molecule has 1 saturated heterocycles. The molecule has 1 aliphatic rings. The predicted octanol–water partition coefficient (Wildman–Crippen LogP) is 3.19. The number of nitrogens with one attached hydrogen (secondary N) is 2. The predicted molar refractivity (Wildman–Crippen MR) is 107 cm³/mol. The largest absolute Gasteiger partial charge is 0.376 e. The number of aromatic nitrogens is 1. The molecular weight excluding hydrogens is 340 g/mol. The summed E-state index contributed by atoms with van der Waals surface area (Å²) in [5.41, 5.74) is 2.21. The first-order valence-electron chi connectivity index (χ1n) is 9.56. The van der Waals surface area contributed by atoms with Crippen LogP contribution >= 0.6 is 0 Å². The second-order valence-electron chi connectivity index (χ2n) is 6.83. The summed E-state index contributed by atoms with van der Waals surface area (Å²) in [5.74, 6) is 0.854. The third kappa shape index (κ3) is 5.96. The van der Waals surface area contributed by atoms with Gasteiger partial charge in [-0.2, -0.15) is 0 Å². The van der Waals surface area contributed by atoms with Crippen LogP contribution in [0.4, 0.5) is 10.6 Å². The maximum Gasteiger partial charge on any atom is 0.317 e. The van der Waals surface area contributed by atoms with Crippen LogP contribution in [-0.4, -0.2) is 48.3 Å². The second-order valence-corrected chi connectivity index (χ2v) is 6.83. The third-order valence-corrected chi connectivity index (χ3v) is 4.65. The van der Waals surface area contributed by atoms with Gasteiger partial charge in [0.05, 0.1) is 6.10 Å². The highest BCUT2D eigenvalue weighted by Crippen LogP contribution is 2.15. The maximum absolute atomic E-state index is 12.7. The molecule has 2 heterocycles. The molecule has 2 N–H and O–H groups in total. The van der Waals surface area contributed by atoms with Gasteiger partial charge in [0.2, 0.25) is 0 Å². The van der Waals surface area contributed by atoms with Gasteiger partial charge in [0.1, 0.15) is 5.82 Å². The van der Waals surface area contributed by atoms with Crippen molar-refractivity contribution in [3.63, 3.8) is 0 Å². The number of hydrogen-bond acceptors (Lipinski definition) is 4. The van der Waals surface area contributed by atoms with Gasteiger partial charge in [-0.25, -0.2) is 9.78 Å². The number of amides is 2. The molecular formula is C21H28N4O2. The molecule has 1 aliphatic heterocycles. The van der Waals surface area contributed by atoms with Crippen molar-refractivity contribution in [3.05, 3.63) is 59.8 Å². The van der Waals surface area contributed by atoms with E-state index in [4.69, 9.17) is 4.74 Å². The molecule has 27 heavy (non-hydrogen) atoms. The molecule has 0 saturated carbocycles. The van der Waals surface area contributed by atoms with Crippen molar-refractivity contribution in [3.8, 4) is 0 Å². The molecule has 3 rings (SSSR count). The molecule has 1 atom stereocenters. The van der Waals surface area contributed by atoms with Crippen molar-refractivity contribution < 1.29 is 9.53 Å². The van der Waals surface area contributed by atoms with Crippen LogP contribution in [-0.2, 0) is 11.3 Å². The molecule has 144 valence electrons. The number of carbonyl (C=O) groups excluding carboxylic acids is 1. The smallest absolute Gasteiger partial charge is 0.317 e. The zero-order valence-electron chi connectivity index (χ0n) is 15.9. The van der Waals surface area contributed by atoms with Gasteiger partial charge in [-0.15, -0.1) is 0 Å². The normalized spacial score (nSPS) is 16.1. The first kappa shape index (κ1) is 19.2. The number of hydrogen-bond donors (Lipinski definition) is 2. The van der Waals surface area contributed by atoms with E-state index in [2.05, 4.69) is 15.6 Å². The summed E-state index contributed by atoms with van der Waals surface area (Å²) in [6.07, 6.45) is 3.98. The number of rotatable bonds is 8. The van der Waals surface area contributed by atoms with Gasteiger partial charge in [0, 0.05) is 39.0 Å². The van der Waals surface area contributed by atoms with Gasteiger partial charge in [0.15, 0.2) is 0 Å². The Morgan fingerprint density at radius 2 is 2.07 bits per heavy atom. The van der Waals surface area contributed by atoms with E-state index in [0.29, 0.717) is 26.2 Å². The molecule has 0 aliphatic carbocycles. The van der Waals surface area contributed by atoms with E-state index in [1.54, 1.807) is 6.20 Å². The van der Waals surface area contributed by atoms with Crippen LogP contribution in [0.1, 0.15) is 24.0 Å². The van der Waals surface area contributed by atoms with Crippen LogP contribution in [0.5, 0.6) is 0 Å². The zero-order chi connectivity index (χ0) is 18.9. The summed E-state index contributed by atoms with van der Waals surface area (Å²) in [7, 11) is 0. The SMILES string of the molecule is Cc1cccnc1NCCNC(=O)N(Cc1ccccc1)CC1CCCO1. The number of aryl methyl sites for hydroxylation is 1. The summed E-state index contributed by atoms with van der Waals surface area (Å²) >= 11 is 0. The molecule has 0 spiro atoms. The van der Waals surface area contributed by atoms with Crippen molar-refractivity contribution in [1.82, 2.24) is 15.2 Å². The van der Waals surface area contributed by atoms with Crippen molar-refractivity contribution in [1.29, 1.82) is 0 Å². The van der Waals surface area contributed by atoms with Crippen molar-refractivity contribution in [2.75, 3.05) is 31.6 Å². The van der Waals surface area contributed by atoms with Crippen molar-refractivity contribution in [2.24, 2.45) is 0 Å². The fraction of sp³-hybridized carbons (Fsp3) is 0.429. The monoisotopic (exact) mass is 368 g/mol. The number of anilines is 1. The average Bonchev–Trinajstić information content (AvgIpc) is 3.20. The Bertz CT molecular complexity index is 717. The third-order valence-electron chi connectivity index (χ3n) is 4.65. The lowest BCUT2D eigenvalue weighted by atomic mass is 10.2. The number of pyridine rings is 1. The van der Waals surface area contributed by atoms with Gasteiger partial charge < -0.3 is 20.3 Å². The van der Waals surface area contributed by atoms with Crippen LogP contribution < -0.4 is 10.6 Å². The molecule has 2 amide bonds. The lowest BCUT2D eigenvalue weighted by Gasteiger charge is -2.26. The fourth-order valence-electron chi connectivity index (χ4n) is 3.19. The van der Waals surface area contributed by atoms with Crippen LogP contribution in [0.15, 0.2) is 48.7 Å². The molecule has 1 aromatic carbocycles. The maximum atomic E-state index is 12.7. The van der Waals surface area contributed by atoms with E-state index in [1.807, 2.05) is 54.3 Å². The van der Waals surface area contributed by atoms with Gasteiger partial charge in [-0.1, -0.05) is 36.4 Å². The molecule has 1 unspecified atom stereocenters. The van der Waals surface area contributed by atoms with E-state index in [0.717, 1.165) is 36.4 Å². The Hall–Kier alpha value is -2.60. The lowest BCUT2D eigenvalue weighted by Crippen LogP contribution is -2.44. The average molecular weight is 368 g/mol. The first-order valence-corrected chi connectivity index (χ1v) is 9.56. The summed E-state index contributed by atoms with van der Waals surface area (Å²) < 4.78 is 5.73. The Morgan fingerprint density at radius 3 is 2.81 bits per heavy atom. The van der Waals surface area contributed by atoms with Gasteiger partial charge in [-0.05, 0) is 37.0 Å². The summed E-state index contributed by atoms with van der Waals surface area (Å²) in [4.78, 5) is 18.9. The highest BCUT2D eigenvalue weighted by Gasteiger charge is 2.22. The lowest BCUT2D eigenvalue weighted by molar-refractivity contribution is 0.0795. The van der Waals surface area contributed by atoms with Crippen LogP contribution in [0.3, 0.4) is 0 Å². The number of nitrogens with zero attached hydrogens (tertiary/aromatic N) is 2. The van der Waals surface area contributed by atoms with Crippen molar-refractivity contribution >= 4 is 11.8 Å². The Kier molecular flexibility index (Phi) is 7.04. The molecule has 1 aromatic heterocycles. The molecule has 0 radical (unpaired) electrons. The van der Waals surface area contributed by atoms with E-state index >= 15 is 0 Å². The van der Waals surface area contributed by atoms with E-state index in [9.17, 15) is 4.79 Å². The minimum absolute atomic E-state index is 0.0612. The molecule has 1 fully saturated rings. The number of benzene rings is 1. The van der Waals surface area contributed by atoms with Crippen LogP contribution in [0.2, 0.25) is 0 Å². The highest BCUT2D eigenvalue weighted by molar-refractivity contribution is 5.74. The Morgan fingerprint density at radius 1 is 1.22 bits per heavy atom. The van der Waals surface area contributed by atoms with Crippen molar-refractivity contribution in [2.45, 2.75) is 32.4 Å². The topological polar surface area (TPSA) is 66.5 Å². The van der Waals surface area contributed by atoms with Gasteiger partial charge in [-0.3, -0.25) is 0 Å². The Balaban J connectivity index is 1.51. The second kappa shape index (κ2) is 9.92. The van der Waals surface area contributed by atoms with Crippen LogP contribution in [0, 0.1) is 6.92 Å². The minimum Gasteiger partial charge on any atom is -0.376 e. The number of carbonyl (C=O) groups is 1. The van der Waals surface area contributed by atoms with Gasteiger partial charge >= 0.3 is 6.03 Å². The summed E-state index contributed by atoms with van der Waals surface area (Å²) in [5, 5.41) is 6.27. The summed E-state index contributed by atoms with van der Waals surface area (Å²) in [6, 6.07) is 13.9. The van der Waals surface area contributed by atoms with E-state index in [-0.39, 0.29) is 12.1 Å². The quantitative estimate of drug-likeness (QED) is 0.702. The zero-order valence-corrected chi connectivity index (χ0v) is 15.9. The van der Waals surface area contributed by atoms with E-state index < -0.39 is 0 Å². The minimum atomic E-state index is -0.0612. The van der Waals surface area contributed by atoms with E-state index in [1.165, 1.54) is 0 Å². The number of ether oxygens (including phenoxy) is 1. The number of urea groups is 1.